The number of ether oxygens (including phenoxy) is 1. The predicted octanol–water partition coefficient (Wildman–Crippen LogP) is 5.89. The van der Waals surface area contributed by atoms with E-state index in [2.05, 4.69) is 18.2 Å². The molecule has 1 N–H and O–H groups in total. The largest absolute Gasteiger partial charge is 0.463 e. The topological polar surface area (TPSA) is 63.6 Å². The van der Waals surface area contributed by atoms with Gasteiger partial charge in [0.2, 0.25) is 0 Å². The maximum absolute atomic E-state index is 12.4. The maximum atomic E-state index is 12.4. The van der Waals surface area contributed by atoms with Gasteiger partial charge in [0, 0.05) is 38.5 Å². The molecule has 3 rings (SSSR count). The second kappa shape index (κ2) is 11.9. The molecule has 0 radical (unpaired) electrons. The minimum absolute atomic E-state index is 0.0242. The van der Waals surface area contributed by atoms with E-state index in [4.69, 9.17) is 21.4 Å². The number of carbonyl (C=O) groups excluding carboxylic acids is 2. The highest BCUT2D eigenvalue weighted by atomic mass is 35.5. The Labute approximate surface area is 190 Å². The number of hydrogen-bond donors (Lipinski definition) is 1. The molecule has 1 aromatic heterocycles. The number of thiophene rings is 1. The van der Waals surface area contributed by atoms with Gasteiger partial charge in [0.05, 0.1) is 11.6 Å². The normalized spacial score (nSPS) is 18.4. The molecule has 0 aliphatic heterocycles. The van der Waals surface area contributed by atoms with Gasteiger partial charge < -0.3 is 9.84 Å². The average molecular weight is 467 g/mol. The molecule has 2 aromatic rings. The zero-order valence-corrected chi connectivity index (χ0v) is 19.2. The Bertz CT molecular complexity index is 892. The number of allylic oxidation sites excluding steroid dienone is 2. The first-order valence-electron chi connectivity index (χ1n) is 10.4. The smallest absolute Gasteiger partial charge is 0.305 e. The lowest BCUT2D eigenvalue weighted by Gasteiger charge is -2.18. The number of rotatable bonds is 12. The molecule has 1 heterocycles. The summed E-state index contributed by atoms with van der Waals surface area (Å²) < 4.78 is 6.03. The van der Waals surface area contributed by atoms with Crippen LogP contribution in [0.3, 0.4) is 0 Å². The minimum atomic E-state index is -0.244. The Morgan fingerprint density at radius 1 is 1.23 bits per heavy atom. The molecule has 0 saturated heterocycles. The van der Waals surface area contributed by atoms with Gasteiger partial charge in [0.1, 0.15) is 6.61 Å². The van der Waals surface area contributed by atoms with E-state index in [1.54, 1.807) is 29.2 Å². The summed E-state index contributed by atoms with van der Waals surface area (Å²) in [5.41, 5.74) is 0. The van der Waals surface area contributed by atoms with Crippen LogP contribution in [0.4, 0.5) is 0 Å². The number of aliphatic hydroxyl groups is 1. The van der Waals surface area contributed by atoms with Crippen LogP contribution < -0.4 is 0 Å². The van der Waals surface area contributed by atoms with E-state index in [9.17, 15) is 9.59 Å². The van der Waals surface area contributed by atoms with E-state index in [0.29, 0.717) is 6.42 Å². The second-order valence-electron chi connectivity index (χ2n) is 7.45. The number of carbonyl (C=O) groups is 2. The number of aliphatic hydroxyl groups excluding tert-OH is 1. The van der Waals surface area contributed by atoms with Crippen molar-refractivity contribution in [2.24, 2.45) is 11.8 Å². The van der Waals surface area contributed by atoms with Crippen LogP contribution in [-0.4, -0.2) is 35.8 Å². The van der Waals surface area contributed by atoms with Crippen LogP contribution in [0.15, 0.2) is 40.6 Å². The Hall–Kier alpha value is -1.34. The summed E-state index contributed by atoms with van der Waals surface area (Å²) in [6.07, 6.45) is 9.05. The third-order valence-corrected chi connectivity index (χ3v) is 7.90. The fourth-order valence-electron chi connectivity index (χ4n) is 3.74. The molecule has 4 nitrogen and oxygen atoms in total. The Morgan fingerprint density at radius 3 is 2.90 bits per heavy atom. The molecule has 0 bridgehead atoms. The van der Waals surface area contributed by atoms with E-state index in [0.717, 1.165) is 53.2 Å². The highest BCUT2D eigenvalue weighted by molar-refractivity contribution is 7.99. The van der Waals surface area contributed by atoms with Gasteiger partial charge >= 0.3 is 5.97 Å². The molecule has 1 aromatic carbocycles. The summed E-state index contributed by atoms with van der Waals surface area (Å²) in [7, 11) is 0. The van der Waals surface area contributed by atoms with Crippen LogP contribution >= 0.6 is 34.7 Å². The summed E-state index contributed by atoms with van der Waals surface area (Å²) in [5, 5.41) is 12.5. The lowest BCUT2D eigenvalue weighted by molar-refractivity contribution is -0.144. The lowest BCUT2D eigenvalue weighted by Crippen LogP contribution is -2.18. The zero-order valence-electron chi connectivity index (χ0n) is 16.8. The molecular formula is C23H27ClO4S2. The van der Waals surface area contributed by atoms with Crippen molar-refractivity contribution >= 4 is 56.5 Å². The van der Waals surface area contributed by atoms with Crippen molar-refractivity contribution in [1.82, 2.24) is 0 Å². The Kier molecular flexibility index (Phi) is 9.25. The van der Waals surface area contributed by atoms with Crippen LogP contribution in [0.25, 0.3) is 10.1 Å². The number of ketones is 1. The van der Waals surface area contributed by atoms with E-state index in [1.807, 2.05) is 11.4 Å². The number of halogens is 1. The van der Waals surface area contributed by atoms with Gasteiger partial charge in [0.25, 0.3) is 0 Å². The first kappa shape index (κ1) is 23.3. The standard InChI is InChI=1S/C23H27ClO4S2/c24-18-15-30-21-8-5-7-20(23(18)21)29-14-17-16(10-11-19(17)26)6-3-1-2-4-9-22(27)28-13-12-25/h5,7-8,10-11,15-17,25H,1-4,6,9,12-14H2/t16-,17+/m0/s1. The van der Waals surface area contributed by atoms with Crippen molar-refractivity contribution in [3.63, 3.8) is 0 Å². The third-order valence-electron chi connectivity index (χ3n) is 5.35. The van der Waals surface area contributed by atoms with E-state index >= 15 is 0 Å². The fraction of sp³-hybridized carbons (Fsp3) is 0.478. The van der Waals surface area contributed by atoms with Crippen LogP contribution in [-0.2, 0) is 14.3 Å². The minimum Gasteiger partial charge on any atom is -0.463 e. The number of esters is 1. The van der Waals surface area contributed by atoms with Crippen LogP contribution in [0.1, 0.15) is 38.5 Å². The molecule has 1 aliphatic rings. The van der Waals surface area contributed by atoms with Crippen molar-refractivity contribution in [3.8, 4) is 0 Å². The highest BCUT2D eigenvalue weighted by Crippen LogP contribution is 2.39. The number of hydrogen-bond acceptors (Lipinski definition) is 6. The number of unbranched alkanes of at least 4 members (excludes halogenated alkanes) is 3. The third kappa shape index (κ3) is 6.33. The molecule has 7 heteroatoms. The summed E-state index contributed by atoms with van der Waals surface area (Å²) in [4.78, 5) is 24.9. The predicted molar refractivity (Wildman–Crippen MR) is 124 cm³/mol. The van der Waals surface area contributed by atoms with Crippen molar-refractivity contribution < 1.29 is 19.4 Å². The Morgan fingerprint density at radius 2 is 2.07 bits per heavy atom. The molecule has 0 fully saturated rings. The van der Waals surface area contributed by atoms with E-state index < -0.39 is 0 Å². The molecule has 30 heavy (non-hydrogen) atoms. The average Bonchev–Trinajstić information content (AvgIpc) is 3.30. The molecular weight excluding hydrogens is 440 g/mol. The van der Waals surface area contributed by atoms with E-state index in [-0.39, 0.29) is 36.8 Å². The zero-order chi connectivity index (χ0) is 21.3. The number of benzene rings is 1. The van der Waals surface area contributed by atoms with Crippen molar-refractivity contribution in [3.05, 3.63) is 40.8 Å². The quantitative estimate of drug-likeness (QED) is 0.240. The van der Waals surface area contributed by atoms with Crippen LogP contribution in [0.2, 0.25) is 5.02 Å². The van der Waals surface area contributed by atoms with Gasteiger partial charge in [-0.05, 0) is 37.0 Å². The highest BCUT2D eigenvalue weighted by Gasteiger charge is 2.29. The van der Waals surface area contributed by atoms with Crippen LogP contribution in [0.5, 0.6) is 0 Å². The molecule has 0 spiro atoms. The van der Waals surface area contributed by atoms with Crippen molar-refractivity contribution in [1.29, 1.82) is 0 Å². The van der Waals surface area contributed by atoms with Crippen molar-refractivity contribution in [2.45, 2.75) is 43.4 Å². The molecule has 162 valence electrons. The summed E-state index contributed by atoms with van der Waals surface area (Å²) >= 11 is 9.73. The van der Waals surface area contributed by atoms with E-state index in [1.165, 1.54) is 4.70 Å². The molecule has 2 atom stereocenters. The number of fused-ring (bicyclic) bond motifs is 1. The monoisotopic (exact) mass is 466 g/mol. The first-order valence-corrected chi connectivity index (χ1v) is 12.6. The lowest BCUT2D eigenvalue weighted by atomic mass is 9.91. The SMILES string of the molecule is O=C(CCCCCC[C@H]1C=CC(=O)[C@@H]1CSc1cccc2scc(Cl)c12)OCCO. The van der Waals surface area contributed by atoms with Crippen molar-refractivity contribution in [2.75, 3.05) is 19.0 Å². The van der Waals surface area contributed by atoms with Gasteiger partial charge in [-0.2, -0.15) is 0 Å². The molecule has 0 unspecified atom stereocenters. The van der Waals surface area contributed by atoms with Gasteiger partial charge in [-0.15, -0.1) is 23.1 Å². The summed E-state index contributed by atoms with van der Waals surface area (Å²) in [6, 6.07) is 6.20. The van der Waals surface area contributed by atoms with Gasteiger partial charge in [-0.25, -0.2) is 0 Å². The van der Waals surface area contributed by atoms with Gasteiger partial charge in [0.15, 0.2) is 5.78 Å². The first-order chi connectivity index (χ1) is 14.6. The van der Waals surface area contributed by atoms with Gasteiger partial charge in [-0.3, -0.25) is 9.59 Å². The summed E-state index contributed by atoms with van der Waals surface area (Å²) in [5.74, 6) is 1.06. The maximum Gasteiger partial charge on any atom is 0.305 e. The second-order valence-corrected chi connectivity index (χ2v) is 9.83. The molecule has 0 amide bonds. The summed E-state index contributed by atoms with van der Waals surface area (Å²) in [6.45, 7) is -0.0539. The molecule has 0 saturated carbocycles. The Balaban J connectivity index is 1.41. The fourth-order valence-corrected chi connectivity index (χ4v) is 6.41. The van der Waals surface area contributed by atoms with Gasteiger partial charge in [-0.1, -0.05) is 43.0 Å². The number of thioether (sulfide) groups is 1. The van der Waals surface area contributed by atoms with Crippen LogP contribution in [0, 0.1) is 11.8 Å². The molecule has 1 aliphatic carbocycles.